The zero-order chi connectivity index (χ0) is 18.6. The molecule has 1 aromatic rings. The van der Waals surface area contributed by atoms with Crippen molar-refractivity contribution in [2.24, 2.45) is 0 Å². The van der Waals surface area contributed by atoms with Crippen molar-refractivity contribution in [1.29, 1.82) is 0 Å². The lowest BCUT2D eigenvalue weighted by Crippen LogP contribution is -2.59. The second-order valence-electron chi connectivity index (χ2n) is 7.38. The summed E-state index contributed by atoms with van der Waals surface area (Å²) >= 11 is 6.08. The van der Waals surface area contributed by atoms with Gasteiger partial charge in [-0.2, -0.15) is 0 Å². The highest BCUT2D eigenvalue weighted by atomic mass is 35.5. The summed E-state index contributed by atoms with van der Waals surface area (Å²) in [6.07, 6.45) is -0.222. The molecule has 1 fully saturated rings. The van der Waals surface area contributed by atoms with E-state index in [4.69, 9.17) is 21.1 Å². The fraction of sp³-hybridized carbons (Fsp3) is 0.632. The van der Waals surface area contributed by atoms with Gasteiger partial charge in [-0.15, -0.1) is 0 Å². The van der Waals surface area contributed by atoms with Crippen LogP contribution in [-0.4, -0.2) is 54.3 Å². The molecule has 1 amide bonds. The number of morpholine rings is 1. The summed E-state index contributed by atoms with van der Waals surface area (Å²) in [4.78, 5) is 14.8. The molecule has 25 heavy (non-hydrogen) atoms. The SMILES string of the molecule is C[C@@H]1CN(C(C)(C)CNC(=O)[C@H](C)Oc2ccccc2Cl)C[C@H](C)O1. The third kappa shape index (κ3) is 5.59. The number of hydrogen-bond donors (Lipinski definition) is 1. The van der Waals surface area contributed by atoms with Gasteiger partial charge in [0.15, 0.2) is 6.10 Å². The van der Waals surface area contributed by atoms with Gasteiger partial charge in [-0.05, 0) is 46.8 Å². The lowest BCUT2D eigenvalue weighted by atomic mass is 10.00. The van der Waals surface area contributed by atoms with Crippen LogP contribution < -0.4 is 10.1 Å². The van der Waals surface area contributed by atoms with Crippen LogP contribution in [0.4, 0.5) is 0 Å². The Balaban J connectivity index is 1.88. The summed E-state index contributed by atoms with van der Waals surface area (Å²) < 4.78 is 11.5. The van der Waals surface area contributed by atoms with Gasteiger partial charge in [-0.1, -0.05) is 23.7 Å². The predicted molar refractivity (Wildman–Crippen MR) is 100 cm³/mol. The van der Waals surface area contributed by atoms with Crippen LogP contribution in [0.2, 0.25) is 5.02 Å². The van der Waals surface area contributed by atoms with E-state index in [-0.39, 0.29) is 23.7 Å². The Morgan fingerprint density at radius 3 is 2.56 bits per heavy atom. The molecule has 2 rings (SSSR count). The van der Waals surface area contributed by atoms with Crippen LogP contribution in [0.15, 0.2) is 24.3 Å². The maximum absolute atomic E-state index is 12.4. The summed E-state index contributed by atoms with van der Waals surface area (Å²) in [5.41, 5.74) is -0.161. The lowest BCUT2D eigenvalue weighted by molar-refractivity contribution is -0.128. The molecule has 0 saturated carbocycles. The second kappa shape index (κ2) is 8.39. The molecule has 1 aliphatic heterocycles. The molecule has 1 aliphatic rings. The molecule has 1 heterocycles. The normalized spacial score (nSPS) is 23.1. The van der Waals surface area contributed by atoms with Gasteiger partial charge in [0.2, 0.25) is 0 Å². The number of nitrogens with one attached hydrogen (secondary N) is 1. The molecule has 0 spiro atoms. The summed E-state index contributed by atoms with van der Waals surface area (Å²) in [5.74, 6) is 0.365. The van der Waals surface area contributed by atoms with Gasteiger partial charge in [0.25, 0.3) is 5.91 Å². The molecule has 1 aromatic carbocycles. The number of amides is 1. The first kappa shape index (κ1) is 20.0. The number of hydrogen-bond acceptors (Lipinski definition) is 4. The topological polar surface area (TPSA) is 50.8 Å². The minimum atomic E-state index is -0.613. The van der Waals surface area contributed by atoms with Crippen molar-refractivity contribution in [3.8, 4) is 5.75 Å². The minimum Gasteiger partial charge on any atom is -0.479 e. The molecular formula is C19H29ClN2O3. The molecule has 0 bridgehead atoms. The van der Waals surface area contributed by atoms with Crippen molar-refractivity contribution in [3.63, 3.8) is 0 Å². The predicted octanol–water partition coefficient (Wildman–Crippen LogP) is 3.11. The molecule has 3 atom stereocenters. The van der Waals surface area contributed by atoms with E-state index in [1.165, 1.54) is 0 Å². The highest BCUT2D eigenvalue weighted by Gasteiger charge is 2.33. The Morgan fingerprint density at radius 2 is 1.96 bits per heavy atom. The van der Waals surface area contributed by atoms with E-state index in [1.54, 1.807) is 19.1 Å². The van der Waals surface area contributed by atoms with Crippen molar-refractivity contribution >= 4 is 17.5 Å². The molecule has 1 saturated heterocycles. The number of nitrogens with zero attached hydrogens (tertiary/aromatic N) is 1. The smallest absolute Gasteiger partial charge is 0.260 e. The van der Waals surface area contributed by atoms with Crippen molar-refractivity contribution in [2.75, 3.05) is 19.6 Å². The summed E-state index contributed by atoms with van der Waals surface area (Å²) in [6, 6.07) is 7.15. The van der Waals surface area contributed by atoms with E-state index in [0.29, 0.717) is 17.3 Å². The van der Waals surface area contributed by atoms with E-state index < -0.39 is 6.10 Å². The van der Waals surface area contributed by atoms with Crippen molar-refractivity contribution in [1.82, 2.24) is 10.2 Å². The minimum absolute atomic E-state index is 0.151. The van der Waals surface area contributed by atoms with Gasteiger partial charge < -0.3 is 14.8 Å². The second-order valence-corrected chi connectivity index (χ2v) is 7.79. The zero-order valence-electron chi connectivity index (χ0n) is 15.7. The Bertz CT molecular complexity index is 584. The molecule has 0 aromatic heterocycles. The van der Waals surface area contributed by atoms with Crippen LogP contribution in [0.25, 0.3) is 0 Å². The van der Waals surface area contributed by atoms with E-state index in [2.05, 4.69) is 37.9 Å². The number of halogens is 1. The quantitative estimate of drug-likeness (QED) is 0.838. The first-order valence-corrected chi connectivity index (χ1v) is 9.16. The van der Waals surface area contributed by atoms with Crippen LogP contribution in [-0.2, 0) is 9.53 Å². The Labute approximate surface area is 155 Å². The fourth-order valence-corrected chi connectivity index (χ4v) is 3.20. The Morgan fingerprint density at radius 1 is 1.36 bits per heavy atom. The van der Waals surface area contributed by atoms with Crippen molar-refractivity contribution in [3.05, 3.63) is 29.3 Å². The molecule has 0 aliphatic carbocycles. The number of rotatable bonds is 6. The Kier molecular flexibility index (Phi) is 6.72. The summed E-state index contributed by atoms with van der Waals surface area (Å²) in [7, 11) is 0. The maximum atomic E-state index is 12.4. The standard InChI is InChI=1S/C19H29ClN2O3/c1-13-10-22(11-14(2)24-13)19(4,5)12-21-18(23)15(3)25-17-9-7-6-8-16(17)20/h6-9,13-15H,10-12H2,1-5H3,(H,21,23)/t13-,14+,15-/m0/s1. The molecule has 0 radical (unpaired) electrons. The summed E-state index contributed by atoms with van der Waals surface area (Å²) in [6.45, 7) is 12.4. The molecule has 5 nitrogen and oxygen atoms in total. The average molecular weight is 369 g/mol. The van der Waals surface area contributed by atoms with Crippen LogP contribution in [0.3, 0.4) is 0 Å². The number of carbonyl (C=O) groups excluding carboxylic acids is 1. The third-order valence-corrected chi connectivity index (χ3v) is 4.79. The van der Waals surface area contributed by atoms with Crippen LogP contribution in [0, 0.1) is 0 Å². The zero-order valence-corrected chi connectivity index (χ0v) is 16.5. The molecule has 140 valence electrons. The van der Waals surface area contributed by atoms with Crippen molar-refractivity contribution in [2.45, 2.75) is 58.5 Å². The highest BCUT2D eigenvalue weighted by Crippen LogP contribution is 2.24. The molecule has 0 unspecified atom stereocenters. The number of ether oxygens (including phenoxy) is 2. The Hall–Kier alpha value is -1.30. The molecule has 6 heteroatoms. The van der Waals surface area contributed by atoms with E-state index in [0.717, 1.165) is 13.1 Å². The number of para-hydroxylation sites is 1. The summed E-state index contributed by atoms with van der Waals surface area (Å²) in [5, 5.41) is 3.50. The first-order valence-electron chi connectivity index (χ1n) is 8.78. The van der Waals surface area contributed by atoms with Gasteiger partial charge in [0.1, 0.15) is 5.75 Å². The van der Waals surface area contributed by atoms with Gasteiger partial charge in [-0.3, -0.25) is 9.69 Å². The van der Waals surface area contributed by atoms with E-state index in [9.17, 15) is 4.79 Å². The van der Waals surface area contributed by atoms with Crippen molar-refractivity contribution < 1.29 is 14.3 Å². The molecular weight excluding hydrogens is 340 g/mol. The average Bonchev–Trinajstić information content (AvgIpc) is 2.54. The first-order chi connectivity index (χ1) is 11.7. The maximum Gasteiger partial charge on any atom is 0.260 e. The van der Waals surface area contributed by atoms with Crippen LogP contribution >= 0.6 is 11.6 Å². The van der Waals surface area contributed by atoms with E-state index >= 15 is 0 Å². The van der Waals surface area contributed by atoms with Gasteiger partial charge in [0, 0.05) is 25.2 Å². The number of carbonyl (C=O) groups is 1. The van der Waals surface area contributed by atoms with Gasteiger partial charge in [-0.25, -0.2) is 0 Å². The van der Waals surface area contributed by atoms with E-state index in [1.807, 2.05) is 12.1 Å². The van der Waals surface area contributed by atoms with Gasteiger partial charge in [0.05, 0.1) is 17.2 Å². The monoisotopic (exact) mass is 368 g/mol. The van der Waals surface area contributed by atoms with Crippen LogP contribution in [0.1, 0.15) is 34.6 Å². The molecule has 1 N–H and O–H groups in total. The third-order valence-electron chi connectivity index (χ3n) is 4.48. The largest absolute Gasteiger partial charge is 0.479 e. The lowest BCUT2D eigenvalue weighted by Gasteiger charge is -2.45. The number of benzene rings is 1. The van der Waals surface area contributed by atoms with Crippen LogP contribution in [0.5, 0.6) is 5.75 Å². The fourth-order valence-electron chi connectivity index (χ4n) is 3.02. The van der Waals surface area contributed by atoms with Gasteiger partial charge >= 0.3 is 0 Å². The highest BCUT2D eigenvalue weighted by molar-refractivity contribution is 6.32.